The van der Waals surface area contributed by atoms with Gasteiger partial charge in [0.25, 0.3) is 0 Å². The zero-order valence-corrected chi connectivity index (χ0v) is 18.3. The summed E-state index contributed by atoms with van der Waals surface area (Å²) in [6, 6.07) is 8.87. The summed E-state index contributed by atoms with van der Waals surface area (Å²) in [6.07, 6.45) is 1.48. The van der Waals surface area contributed by atoms with Crippen LogP contribution in [0, 0.1) is 11.3 Å². The summed E-state index contributed by atoms with van der Waals surface area (Å²) in [5.41, 5.74) is 2.05. The van der Waals surface area contributed by atoms with Crippen LogP contribution in [0.15, 0.2) is 30.5 Å². The van der Waals surface area contributed by atoms with Crippen LogP contribution in [-0.4, -0.2) is 26.3 Å². The molecule has 0 spiro atoms. The van der Waals surface area contributed by atoms with E-state index in [4.69, 9.17) is 37.4 Å². The average Bonchev–Trinajstić information content (AvgIpc) is 2.75. The maximum absolute atomic E-state index is 9.53. The third-order valence-corrected chi connectivity index (χ3v) is 4.60. The number of nitriles is 1. The summed E-state index contributed by atoms with van der Waals surface area (Å²) < 4.78 is 15.9. The van der Waals surface area contributed by atoms with Crippen LogP contribution in [0.2, 0.25) is 10.0 Å². The first-order valence-electron chi connectivity index (χ1n) is 8.77. The minimum absolute atomic E-state index is 0.347. The Morgan fingerprint density at radius 3 is 2.10 bits per heavy atom. The lowest BCUT2D eigenvalue weighted by atomic mass is 10.1. The largest absolute Gasteiger partial charge is 0.495 e. The van der Waals surface area contributed by atoms with Gasteiger partial charge < -0.3 is 19.5 Å². The van der Waals surface area contributed by atoms with Gasteiger partial charge in [0.1, 0.15) is 11.8 Å². The monoisotopic (exact) mass is 433 g/mol. The number of nitrogens with one attached hydrogen (secondary N) is 1. The van der Waals surface area contributed by atoms with Crippen molar-refractivity contribution in [1.29, 1.82) is 5.26 Å². The Bertz CT molecular complexity index is 1070. The minimum Gasteiger partial charge on any atom is -0.495 e. The number of benzene rings is 2. The van der Waals surface area contributed by atoms with Gasteiger partial charge in [-0.1, -0.05) is 37.0 Å². The summed E-state index contributed by atoms with van der Waals surface area (Å²) in [5, 5.41) is 14.2. The molecule has 3 aromatic rings. The minimum atomic E-state index is 0.347. The molecular weight excluding hydrogens is 413 g/mol. The second-order valence-electron chi connectivity index (χ2n) is 5.47. The fourth-order valence-electron chi connectivity index (χ4n) is 2.65. The van der Waals surface area contributed by atoms with Gasteiger partial charge >= 0.3 is 0 Å². The first-order valence-corrected chi connectivity index (χ1v) is 9.52. The van der Waals surface area contributed by atoms with Crippen molar-refractivity contribution in [2.24, 2.45) is 0 Å². The lowest BCUT2D eigenvalue weighted by Crippen LogP contribution is -1.99. The summed E-state index contributed by atoms with van der Waals surface area (Å²) in [6.45, 7) is 4.00. The lowest BCUT2D eigenvalue weighted by Gasteiger charge is -2.16. The Morgan fingerprint density at radius 1 is 0.897 bits per heavy atom. The van der Waals surface area contributed by atoms with Crippen molar-refractivity contribution >= 4 is 45.5 Å². The molecule has 0 amide bonds. The number of pyridine rings is 1. The number of methoxy groups -OCH3 is 3. The number of hydrogen-bond donors (Lipinski definition) is 1. The highest BCUT2D eigenvalue weighted by Gasteiger charge is 2.16. The Labute approximate surface area is 179 Å². The Balaban J connectivity index is 0.00000145. The van der Waals surface area contributed by atoms with Gasteiger partial charge in [-0.25, -0.2) is 0 Å². The molecule has 1 heterocycles. The molecule has 0 aliphatic heterocycles. The lowest BCUT2D eigenvalue weighted by molar-refractivity contribution is 0.356. The quantitative estimate of drug-likeness (QED) is 0.515. The van der Waals surface area contributed by atoms with Crippen molar-refractivity contribution in [3.63, 3.8) is 0 Å². The van der Waals surface area contributed by atoms with Crippen LogP contribution < -0.4 is 19.5 Å². The summed E-state index contributed by atoms with van der Waals surface area (Å²) in [7, 11) is 4.60. The number of anilines is 2. The van der Waals surface area contributed by atoms with Crippen LogP contribution >= 0.6 is 23.2 Å². The molecule has 1 aromatic heterocycles. The van der Waals surface area contributed by atoms with Crippen LogP contribution in [0.1, 0.15) is 19.4 Å². The standard InChI is InChI=1S/C19H15Cl2N3O3.C2H6/c1-25-16-7-15(12(20)5-13(16)21)24-19-10(8-22)9-23-14-6-18(27-3)17(26-2)4-11(14)19;1-2/h4-7,9H,1-3H3,(H,23,24);1-2H3. The van der Waals surface area contributed by atoms with Gasteiger partial charge in [0.05, 0.1) is 53.8 Å². The molecule has 6 nitrogen and oxygen atoms in total. The fourth-order valence-corrected chi connectivity index (χ4v) is 3.16. The number of halogens is 2. The molecule has 0 fully saturated rings. The van der Waals surface area contributed by atoms with E-state index in [1.54, 1.807) is 38.5 Å². The van der Waals surface area contributed by atoms with Crippen molar-refractivity contribution in [1.82, 2.24) is 4.98 Å². The van der Waals surface area contributed by atoms with E-state index in [1.807, 2.05) is 13.8 Å². The molecule has 152 valence electrons. The average molecular weight is 434 g/mol. The van der Waals surface area contributed by atoms with Gasteiger partial charge in [-0.3, -0.25) is 4.98 Å². The van der Waals surface area contributed by atoms with Gasteiger partial charge in [0.2, 0.25) is 0 Å². The number of nitrogens with zero attached hydrogens (tertiary/aromatic N) is 2. The third kappa shape index (κ3) is 4.58. The maximum atomic E-state index is 9.53. The topological polar surface area (TPSA) is 76.4 Å². The number of rotatable bonds is 5. The zero-order valence-electron chi connectivity index (χ0n) is 16.8. The van der Waals surface area contributed by atoms with E-state index in [9.17, 15) is 5.26 Å². The molecule has 0 unspecified atom stereocenters. The highest BCUT2D eigenvalue weighted by Crippen LogP contribution is 2.40. The van der Waals surface area contributed by atoms with Crippen LogP contribution in [0.4, 0.5) is 11.4 Å². The molecule has 0 bridgehead atoms. The van der Waals surface area contributed by atoms with Crippen LogP contribution in [0.25, 0.3) is 10.9 Å². The number of ether oxygens (including phenoxy) is 3. The zero-order chi connectivity index (χ0) is 21.6. The highest BCUT2D eigenvalue weighted by atomic mass is 35.5. The molecule has 2 aromatic carbocycles. The van der Waals surface area contributed by atoms with E-state index in [0.717, 1.165) is 0 Å². The Hall–Kier alpha value is -2.88. The predicted molar refractivity (Wildman–Crippen MR) is 117 cm³/mol. The second-order valence-corrected chi connectivity index (χ2v) is 6.29. The number of aromatic nitrogens is 1. The van der Waals surface area contributed by atoms with Crippen molar-refractivity contribution < 1.29 is 14.2 Å². The molecule has 0 saturated heterocycles. The smallest absolute Gasteiger partial charge is 0.162 e. The van der Waals surface area contributed by atoms with Crippen LogP contribution in [0.5, 0.6) is 17.2 Å². The van der Waals surface area contributed by atoms with E-state index < -0.39 is 0 Å². The predicted octanol–water partition coefficient (Wildman–Crippen LogP) is 6.21. The van der Waals surface area contributed by atoms with Crippen LogP contribution in [0.3, 0.4) is 0 Å². The van der Waals surface area contributed by atoms with Gasteiger partial charge in [-0.2, -0.15) is 5.26 Å². The normalized spacial score (nSPS) is 9.86. The molecule has 8 heteroatoms. The SMILES string of the molecule is CC.COc1cc(Nc2c(C#N)cnc3cc(OC)c(OC)cc23)c(Cl)cc1Cl. The second kappa shape index (κ2) is 10.1. The molecule has 3 rings (SSSR count). The summed E-state index contributed by atoms with van der Waals surface area (Å²) in [5.74, 6) is 1.52. The molecule has 0 atom stereocenters. The molecule has 0 aliphatic carbocycles. The van der Waals surface area contributed by atoms with E-state index in [0.29, 0.717) is 55.1 Å². The third-order valence-electron chi connectivity index (χ3n) is 3.99. The molecule has 0 radical (unpaired) electrons. The van der Waals surface area contributed by atoms with Gasteiger partial charge in [0.15, 0.2) is 11.5 Å². The first-order chi connectivity index (χ1) is 14.0. The number of fused-ring (bicyclic) bond motifs is 1. The van der Waals surface area contributed by atoms with Crippen molar-refractivity contribution in [2.75, 3.05) is 26.6 Å². The van der Waals surface area contributed by atoms with Crippen molar-refractivity contribution in [3.05, 3.63) is 46.1 Å². The van der Waals surface area contributed by atoms with E-state index in [-0.39, 0.29) is 0 Å². The first kappa shape index (κ1) is 22.4. The number of hydrogen-bond acceptors (Lipinski definition) is 6. The van der Waals surface area contributed by atoms with E-state index in [1.165, 1.54) is 13.3 Å². The Morgan fingerprint density at radius 2 is 1.52 bits per heavy atom. The van der Waals surface area contributed by atoms with Gasteiger partial charge in [0, 0.05) is 23.7 Å². The molecule has 0 saturated carbocycles. The van der Waals surface area contributed by atoms with Crippen molar-refractivity contribution in [2.45, 2.75) is 13.8 Å². The van der Waals surface area contributed by atoms with E-state index >= 15 is 0 Å². The fraction of sp³-hybridized carbons (Fsp3) is 0.238. The van der Waals surface area contributed by atoms with E-state index in [2.05, 4.69) is 16.4 Å². The molecule has 29 heavy (non-hydrogen) atoms. The van der Waals surface area contributed by atoms with Crippen molar-refractivity contribution in [3.8, 4) is 23.3 Å². The summed E-state index contributed by atoms with van der Waals surface area (Å²) >= 11 is 12.4. The van der Waals surface area contributed by atoms with Gasteiger partial charge in [-0.15, -0.1) is 0 Å². The maximum Gasteiger partial charge on any atom is 0.162 e. The molecular formula is C21H21Cl2N3O3. The Kier molecular flexibility index (Phi) is 7.77. The van der Waals surface area contributed by atoms with Gasteiger partial charge in [-0.05, 0) is 12.1 Å². The molecule has 0 aliphatic rings. The van der Waals surface area contributed by atoms with Crippen LogP contribution in [-0.2, 0) is 0 Å². The summed E-state index contributed by atoms with van der Waals surface area (Å²) in [4.78, 5) is 4.33. The molecule has 1 N–H and O–H groups in total. The highest BCUT2D eigenvalue weighted by molar-refractivity contribution is 6.37.